The molecule has 3 aromatic rings. The van der Waals surface area contributed by atoms with Gasteiger partial charge in [-0.15, -0.1) is 0 Å². The summed E-state index contributed by atoms with van der Waals surface area (Å²) < 4.78 is 54.7. The summed E-state index contributed by atoms with van der Waals surface area (Å²) in [6.07, 6.45) is 0. The van der Waals surface area contributed by atoms with Crippen LogP contribution in [0, 0.1) is 0 Å². The van der Waals surface area contributed by atoms with Crippen molar-refractivity contribution >= 4 is 28.2 Å². The number of nitrogens with one attached hydrogen (secondary N) is 2. The number of amides is 4. The molecule has 2 heterocycles. The molecule has 2 aromatic heterocycles. The summed E-state index contributed by atoms with van der Waals surface area (Å²) in [5.41, 5.74) is 8.45. The van der Waals surface area contributed by atoms with E-state index in [1.54, 1.807) is 0 Å². The average molecular weight is 635 g/mol. The number of urea groups is 2. The van der Waals surface area contributed by atoms with Crippen molar-refractivity contribution in [3.8, 4) is 47.0 Å². The first-order valence-corrected chi connectivity index (χ1v) is 12.3. The Balaban J connectivity index is 0.000000658. The second kappa shape index (κ2) is 16.5. The molecule has 0 bridgehead atoms. The molecule has 22 heteroatoms. The number of carbonyl (C=O) groups is 3. The first kappa shape index (κ1) is 36.2. The van der Waals surface area contributed by atoms with Crippen molar-refractivity contribution < 1.29 is 85.9 Å². The third kappa shape index (κ3) is 11.5. The van der Waals surface area contributed by atoms with Crippen molar-refractivity contribution in [3.63, 3.8) is 0 Å². The van der Waals surface area contributed by atoms with E-state index in [-0.39, 0.29) is 76.6 Å². The molecule has 0 atom stereocenters. The molecule has 0 aliphatic carbocycles. The first-order valence-electron chi connectivity index (χ1n) is 10.8. The molecule has 0 saturated heterocycles. The van der Waals surface area contributed by atoms with Gasteiger partial charge in [-0.05, 0) is 12.1 Å². The van der Waals surface area contributed by atoms with Crippen LogP contribution in [0.5, 0.6) is 47.0 Å². The molecule has 0 spiro atoms. The third-order valence-corrected chi connectivity index (χ3v) is 5.16. The van der Waals surface area contributed by atoms with Crippen LogP contribution < -0.4 is 84.0 Å². The molecule has 0 unspecified atom stereocenters. The molecule has 0 saturated carbocycles. The third-order valence-electron chi connectivity index (χ3n) is 4.22. The van der Waals surface area contributed by atoms with Gasteiger partial charge in [0.1, 0.15) is 11.5 Å². The number of primary amides is 2. The van der Waals surface area contributed by atoms with E-state index in [0.717, 1.165) is 0 Å². The standard InChI is InChI=1S/C19H18N4O8.C2H6N4O4S.Na/c1-26-12-8-13(27-2)21-18(20-12)30-10-6-5-7-11(16(10)17(24)25)31-19-22-14(28-3)9-15(23-19)29-4;3-1(7)5-11(9,10)6-2(4)8;/h5-9H,1-4H3,(H,24,25);(H3,3,5,7)(H3,4,6,8);/q;;+1/p-1. The largest absolute Gasteiger partial charge is 1.00 e. The van der Waals surface area contributed by atoms with Crippen molar-refractivity contribution in [1.82, 2.24) is 29.4 Å². The summed E-state index contributed by atoms with van der Waals surface area (Å²) in [4.78, 5) is 47.8. The van der Waals surface area contributed by atoms with Crippen molar-refractivity contribution in [2.45, 2.75) is 0 Å². The Hall–Kier alpha value is -4.86. The van der Waals surface area contributed by atoms with Gasteiger partial charge in [-0.2, -0.15) is 28.4 Å². The van der Waals surface area contributed by atoms with Crippen LogP contribution in [0.1, 0.15) is 10.4 Å². The van der Waals surface area contributed by atoms with E-state index in [9.17, 15) is 27.9 Å². The van der Waals surface area contributed by atoms with Crippen molar-refractivity contribution in [1.29, 1.82) is 0 Å². The van der Waals surface area contributed by atoms with Gasteiger partial charge in [0, 0.05) is 0 Å². The topological polar surface area (TPSA) is 291 Å². The molecule has 4 amide bonds. The second-order valence-electron chi connectivity index (χ2n) is 7.03. The number of rotatable bonds is 11. The fourth-order valence-corrected chi connectivity index (χ4v) is 3.23. The Labute approximate surface area is 265 Å². The number of carboxylic acid groups (broad SMARTS) is 1. The molecule has 1 aromatic carbocycles. The fraction of sp³-hybridized carbons (Fsp3) is 0.190. The van der Waals surface area contributed by atoms with E-state index in [0.29, 0.717) is 0 Å². The minimum atomic E-state index is -4.23. The number of carbonyl (C=O) groups excluding carboxylic acids is 3. The van der Waals surface area contributed by atoms with Gasteiger partial charge >= 0.3 is 63.8 Å². The zero-order valence-electron chi connectivity index (χ0n) is 23.1. The number of ether oxygens (including phenoxy) is 6. The summed E-state index contributed by atoms with van der Waals surface area (Å²) >= 11 is 0. The maximum Gasteiger partial charge on any atom is 1.00 e. The summed E-state index contributed by atoms with van der Waals surface area (Å²) in [6.45, 7) is 0. The summed E-state index contributed by atoms with van der Waals surface area (Å²) in [5.74, 6) is -1.26. The molecule has 226 valence electrons. The molecule has 0 radical (unpaired) electrons. The van der Waals surface area contributed by atoms with Crippen LogP contribution in [0.15, 0.2) is 30.3 Å². The van der Waals surface area contributed by atoms with Crippen LogP contribution in [0.3, 0.4) is 0 Å². The normalized spacial score (nSPS) is 9.95. The van der Waals surface area contributed by atoms with E-state index < -0.39 is 33.8 Å². The Morgan fingerprint density at radius 3 is 1.30 bits per heavy atom. The number of nitrogens with zero attached hydrogens (tertiary/aromatic N) is 4. The molecule has 3 rings (SSSR count). The van der Waals surface area contributed by atoms with Crippen LogP contribution >= 0.6 is 0 Å². The van der Waals surface area contributed by atoms with Gasteiger partial charge < -0.3 is 49.8 Å². The Kier molecular flexibility index (Phi) is 13.9. The molecule has 43 heavy (non-hydrogen) atoms. The molecule has 20 nitrogen and oxygen atoms in total. The van der Waals surface area contributed by atoms with Crippen molar-refractivity contribution in [2.75, 3.05) is 28.4 Å². The van der Waals surface area contributed by atoms with Crippen LogP contribution in [-0.2, 0) is 10.2 Å². The quantitative estimate of drug-likeness (QED) is 0.145. The SMILES string of the molecule is COc1cc(OC)nc(Oc2cccc(Oc3nc(OC)cc(OC)n3)c2C(=O)[O-])n1.NC(=O)NS(=O)(=O)NC(N)=O.[Na+]. The van der Waals surface area contributed by atoms with Gasteiger partial charge in [-0.1, -0.05) is 6.07 Å². The Morgan fingerprint density at radius 1 is 0.721 bits per heavy atom. The second-order valence-corrected chi connectivity index (χ2v) is 8.44. The van der Waals surface area contributed by atoms with E-state index in [1.807, 2.05) is 0 Å². The number of hydrogen-bond acceptors (Lipinski definition) is 16. The minimum absolute atomic E-state index is 0. The van der Waals surface area contributed by atoms with Gasteiger partial charge in [0.25, 0.3) is 0 Å². The molecular formula is C21H23N8NaO12S. The Bertz CT molecular complexity index is 1420. The van der Waals surface area contributed by atoms with Gasteiger partial charge in [0.15, 0.2) is 0 Å². The zero-order chi connectivity index (χ0) is 31.4. The van der Waals surface area contributed by atoms with Crippen LogP contribution in [0.4, 0.5) is 9.59 Å². The van der Waals surface area contributed by atoms with E-state index >= 15 is 0 Å². The first-order chi connectivity index (χ1) is 19.8. The van der Waals surface area contributed by atoms with Crippen LogP contribution in [0.25, 0.3) is 0 Å². The predicted molar refractivity (Wildman–Crippen MR) is 136 cm³/mol. The van der Waals surface area contributed by atoms with E-state index in [4.69, 9.17) is 28.4 Å². The van der Waals surface area contributed by atoms with Crippen LogP contribution in [0.2, 0.25) is 0 Å². The molecule has 0 aliphatic rings. The van der Waals surface area contributed by atoms with Gasteiger partial charge in [-0.25, -0.2) is 19.0 Å². The Morgan fingerprint density at radius 2 is 1.05 bits per heavy atom. The summed E-state index contributed by atoms with van der Waals surface area (Å²) in [6, 6.07) is 4.06. The number of aromatic carboxylic acids is 1. The van der Waals surface area contributed by atoms with Gasteiger partial charge in [0.2, 0.25) is 23.5 Å². The zero-order valence-corrected chi connectivity index (χ0v) is 26.0. The van der Waals surface area contributed by atoms with Crippen LogP contribution in [-0.4, -0.2) is 74.8 Å². The number of methoxy groups -OCH3 is 4. The maximum atomic E-state index is 11.9. The molecular weight excluding hydrogens is 611 g/mol. The van der Waals surface area contributed by atoms with Gasteiger partial charge in [0.05, 0.1) is 52.1 Å². The molecule has 0 fully saturated rings. The predicted octanol–water partition coefficient (Wildman–Crippen LogP) is -4.18. The number of hydrogen-bond donors (Lipinski definition) is 4. The van der Waals surface area contributed by atoms with E-state index in [2.05, 4.69) is 31.4 Å². The van der Waals surface area contributed by atoms with Gasteiger partial charge in [-0.3, -0.25) is 0 Å². The number of carboxylic acids is 1. The molecule has 0 aliphatic heterocycles. The fourth-order valence-electron chi connectivity index (χ4n) is 2.65. The number of benzene rings is 1. The van der Waals surface area contributed by atoms with Crippen molar-refractivity contribution in [2.24, 2.45) is 11.5 Å². The smallest absolute Gasteiger partial charge is 0.545 e. The van der Waals surface area contributed by atoms with Crippen molar-refractivity contribution in [3.05, 3.63) is 35.9 Å². The number of nitrogens with two attached hydrogens (primary N) is 2. The minimum Gasteiger partial charge on any atom is -0.545 e. The molecule has 6 N–H and O–H groups in total. The maximum absolute atomic E-state index is 11.9. The summed E-state index contributed by atoms with van der Waals surface area (Å²) in [5, 5.41) is 11.9. The van der Waals surface area contributed by atoms with E-state index in [1.165, 1.54) is 68.2 Å². The monoisotopic (exact) mass is 634 g/mol. The average Bonchev–Trinajstić information content (AvgIpc) is 2.91. The number of aromatic nitrogens is 4. The summed E-state index contributed by atoms with van der Waals surface area (Å²) in [7, 11) is 1.36.